The molecule has 29 heavy (non-hydrogen) atoms. The number of carbonyl (C=O) groups is 1. The van der Waals surface area contributed by atoms with Crippen LogP contribution < -0.4 is 10.1 Å². The third-order valence-corrected chi connectivity index (χ3v) is 4.78. The van der Waals surface area contributed by atoms with Gasteiger partial charge in [0, 0.05) is 37.7 Å². The first-order valence-corrected chi connectivity index (χ1v) is 9.62. The average molecular weight is 398 g/mol. The zero-order valence-electron chi connectivity index (χ0n) is 17.3. The quantitative estimate of drug-likeness (QED) is 0.726. The van der Waals surface area contributed by atoms with E-state index >= 15 is 0 Å². The van der Waals surface area contributed by atoms with Crippen LogP contribution in [0.4, 0.5) is 4.79 Å². The van der Waals surface area contributed by atoms with Crippen molar-refractivity contribution in [1.29, 1.82) is 0 Å². The maximum absolute atomic E-state index is 12.0. The van der Waals surface area contributed by atoms with Gasteiger partial charge in [0.25, 0.3) is 0 Å². The number of aryl methyl sites for hydroxylation is 1. The summed E-state index contributed by atoms with van der Waals surface area (Å²) in [6, 6.07) is 1.88. The highest BCUT2D eigenvalue weighted by atomic mass is 16.6. The molecule has 1 amide bonds. The fourth-order valence-electron chi connectivity index (χ4n) is 3.54. The predicted octanol–water partition coefficient (Wildman–Crippen LogP) is 2.95. The van der Waals surface area contributed by atoms with E-state index in [2.05, 4.69) is 15.5 Å². The fourth-order valence-corrected chi connectivity index (χ4v) is 3.54. The number of fused-ring (bicyclic) bond motifs is 1. The van der Waals surface area contributed by atoms with Crippen molar-refractivity contribution in [3.8, 4) is 17.1 Å². The van der Waals surface area contributed by atoms with Crippen molar-refractivity contribution in [1.82, 2.24) is 29.7 Å². The lowest BCUT2D eigenvalue weighted by Crippen LogP contribution is -2.57. The first kappa shape index (κ1) is 19.2. The molecule has 0 bridgehead atoms. The molecule has 0 unspecified atom stereocenters. The van der Waals surface area contributed by atoms with E-state index in [-0.39, 0.29) is 6.04 Å². The van der Waals surface area contributed by atoms with Gasteiger partial charge in [-0.05, 0) is 33.8 Å². The highest BCUT2D eigenvalue weighted by Crippen LogP contribution is 2.38. The summed E-state index contributed by atoms with van der Waals surface area (Å²) in [7, 11) is 1.86. The van der Waals surface area contributed by atoms with Gasteiger partial charge < -0.3 is 14.8 Å². The minimum Gasteiger partial charge on any atom is -0.470 e. The van der Waals surface area contributed by atoms with Crippen molar-refractivity contribution in [3.63, 3.8) is 0 Å². The van der Waals surface area contributed by atoms with Crippen LogP contribution in [-0.4, -0.2) is 47.7 Å². The Labute approximate surface area is 169 Å². The summed E-state index contributed by atoms with van der Waals surface area (Å²) in [5, 5.41) is 11.4. The lowest BCUT2D eigenvalue weighted by molar-refractivity contribution is -0.0217. The third-order valence-electron chi connectivity index (χ3n) is 4.78. The molecule has 9 heteroatoms. The monoisotopic (exact) mass is 398 g/mol. The molecule has 0 atom stereocenters. The van der Waals surface area contributed by atoms with Crippen LogP contribution in [-0.2, 0) is 11.8 Å². The number of hydrogen-bond donors (Lipinski definition) is 1. The van der Waals surface area contributed by atoms with Crippen LogP contribution in [0.25, 0.3) is 16.8 Å². The van der Waals surface area contributed by atoms with E-state index in [4.69, 9.17) is 14.5 Å². The number of ether oxygens (including phenoxy) is 2. The summed E-state index contributed by atoms with van der Waals surface area (Å²) in [6.07, 6.45) is 8.17. The Hall–Kier alpha value is -3.10. The number of rotatable bonds is 4. The van der Waals surface area contributed by atoms with Gasteiger partial charge in [-0.3, -0.25) is 4.68 Å². The first-order valence-electron chi connectivity index (χ1n) is 9.62. The number of alkyl carbamates (subject to hydrolysis) is 1. The van der Waals surface area contributed by atoms with Crippen LogP contribution in [0, 0.1) is 0 Å². The first-order chi connectivity index (χ1) is 13.6. The summed E-state index contributed by atoms with van der Waals surface area (Å²) in [5.74, 6) is 0.516. The number of nitrogens with one attached hydrogen (secondary N) is 1. The molecule has 0 saturated heterocycles. The van der Waals surface area contributed by atoms with E-state index < -0.39 is 17.3 Å². The van der Waals surface area contributed by atoms with Gasteiger partial charge >= 0.3 is 6.09 Å². The molecule has 0 aliphatic heterocycles. The normalized spacial score (nSPS) is 21.6. The summed E-state index contributed by atoms with van der Waals surface area (Å²) < 4.78 is 15.1. The largest absolute Gasteiger partial charge is 0.470 e. The van der Waals surface area contributed by atoms with Gasteiger partial charge in [0.05, 0.1) is 24.3 Å². The topological polar surface area (TPSA) is 95.6 Å². The molecule has 154 valence electrons. The number of amides is 1. The molecular weight excluding hydrogens is 372 g/mol. The standard InChI is InChI=1S/C20H26N6O3/c1-19(2,3)29-18(27)23-14-8-20(4,9-14)28-17-16-6-7-21-26(16)12-15(24-17)13-10-22-25(5)11-13/h6-7,10-12,14H,8-9H2,1-5H3,(H,23,27)/t14-,20+. The van der Waals surface area contributed by atoms with E-state index in [1.807, 2.05) is 53.2 Å². The Morgan fingerprint density at radius 2 is 2.03 bits per heavy atom. The van der Waals surface area contributed by atoms with Crippen molar-refractivity contribution in [2.75, 3.05) is 0 Å². The second-order valence-electron chi connectivity index (χ2n) is 8.80. The summed E-state index contributed by atoms with van der Waals surface area (Å²) in [5.41, 5.74) is 1.47. The molecule has 1 aliphatic rings. The zero-order valence-corrected chi connectivity index (χ0v) is 17.3. The summed E-state index contributed by atoms with van der Waals surface area (Å²) in [6.45, 7) is 7.56. The minimum absolute atomic E-state index is 0.0114. The van der Waals surface area contributed by atoms with Gasteiger partial charge in [-0.2, -0.15) is 10.2 Å². The molecule has 0 spiro atoms. The summed E-state index contributed by atoms with van der Waals surface area (Å²) >= 11 is 0. The Morgan fingerprint density at radius 1 is 1.28 bits per heavy atom. The van der Waals surface area contributed by atoms with E-state index in [9.17, 15) is 4.79 Å². The Morgan fingerprint density at radius 3 is 2.69 bits per heavy atom. The predicted molar refractivity (Wildman–Crippen MR) is 107 cm³/mol. The SMILES string of the molecule is Cn1cc(-c2cn3nccc3c(O[C@]3(C)C[C@H](NC(=O)OC(C)(C)C)C3)n2)cn1. The fraction of sp³-hybridized carbons (Fsp3) is 0.500. The van der Waals surface area contributed by atoms with E-state index in [1.54, 1.807) is 21.6 Å². The van der Waals surface area contributed by atoms with Gasteiger partial charge in [-0.15, -0.1) is 0 Å². The van der Waals surface area contributed by atoms with Crippen LogP contribution in [0.3, 0.4) is 0 Å². The van der Waals surface area contributed by atoms with Gasteiger partial charge in [-0.1, -0.05) is 0 Å². The van der Waals surface area contributed by atoms with Crippen molar-refractivity contribution < 1.29 is 14.3 Å². The lowest BCUT2D eigenvalue weighted by atomic mass is 9.77. The molecule has 3 heterocycles. The molecule has 1 fully saturated rings. The summed E-state index contributed by atoms with van der Waals surface area (Å²) in [4.78, 5) is 16.7. The van der Waals surface area contributed by atoms with Crippen molar-refractivity contribution in [3.05, 3.63) is 30.9 Å². The number of aromatic nitrogens is 5. The van der Waals surface area contributed by atoms with Gasteiger partial charge in [0.1, 0.15) is 16.7 Å². The second-order valence-corrected chi connectivity index (χ2v) is 8.80. The molecule has 4 rings (SSSR count). The second kappa shape index (κ2) is 6.75. The molecule has 1 saturated carbocycles. The van der Waals surface area contributed by atoms with Crippen LogP contribution in [0.15, 0.2) is 30.9 Å². The van der Waals surface area contributed by atoms with Crippen LogP contribution in [0.2, 0.25) is 0 Å². The number of hydrogen-bond acceptors (Lipinski definition) is 6. The van der Waals surface area contributed by atoms with Crippen molar-refractivity contribution >= 4 is 11.6 Å². The Bertz CT molecular complexity index is 1040. The number of carbonyl (C=O) groups excluding carboxylic acids is 1. The molecule has 1 N–H and O–H groups in total. The average Bonchev–Trinajstić information content (AvgIpc) is 3.20. The van der Waals surface area contributed by atoms with Crippen molar-refractivity contribution in [2.45, 2.75) is 57.8 Å². The highest BCUT2D eigenvalue weighted by Gasteiger charge is 2.44. The van der Waals surface area contributed by atoms with E-state index in [0.717, 1.165) is 16.8 Å². The smallest absolute Gasteiger partial charge is 0.407 e. The molecule has 1 aliphatic carbocycles. The van der Waals surface area contributed by atoms with Crippen LogP contribution >= 0.6 is 0 Å². The highest BCUT2D eigenvalue weighted by molar-refractivity contribution is 5.68. The molecule has 3 aromatic rings. The molecular formula is C20H26N6O3. The maximum atomic E-state index is 12.0. The molecule has 9 nitrogen and oxygen atoms in total. The van der Waals surface area contributed by atoms with Crippen LogP contribution in [0.5, 0.6) is 5.88 Å². The Kier molecular flexibility index (Phi) is 4.48. The van der Waals surface area contributed by atoms with E-state index in [0.29, 0.717) is 18.7 Å². The molecule has 0 aromatic carbocycles. The maximum Gasteiger partial charge on any atom is 0.407 e. The molecule has 3 aromatic heterocycles. The number of nitrogens with zero attached hydrogens (tertiary/aromatic N) is 5. The Balaban J connectivity index is 1.48. The van der Waals surface area contributed by atoms with Crippen molar-refractivity contribution in [2.24, 2.45) is 7.05 Å². The van der Waals surface area contributed by atoms with Gasteiger partial charge in [-0.25, -0.2) is 14.3 Å². The van der Waals surface area contributed by atoms with Gasteiger partial charge in [0.15, 0.2) is 0 Å². The zero-order chi connectivity index (χ0) is 20.8. The van der Waals surface area contributed by atoms with Gasteiger partial charge in [0.2, 0.25) is 5.88 Å². The molecule has 0 radical (unpaired) electrons. The minimum atomic E-state index is -0.516. The lowest BCUT2D eigenvalue weighted by Gasteiger charge is -2.44. The van der Waals surface area contributed by atoms with Crippen LogP contribution in [0.1, 0.15) is 40.5 Å². The third kappa shape index (κ3) is 4.18. The van der Waals surface area contributed by atoms with E-state index in [1.165, 1.54) is 0 Å².